The molecule has 0 saturated carbocycles. The Morgan fingerprint density at radius 2 is 1.89 bits per heavy atom. The lowest BCUT2D eigenvalue weighted by Gasteiger charge is -2.33. The lowest BCUT2D eigenvalue weighted by Crippen LogP contribution is -2.47. The molecule has 1 atom stereocenters. The largest absolute Gasteiger partial charge is 0.343 e. The molecule has 0 N–H and O–H groups in total. The minimum absolute atomic E-state index is 0.0935. The number of piperidine rings is 1. The molecule has 1 rings (SSSR count). The standard InChI is InChI=1S/C12H24N2O3S/c1-4-13(5-2)12(15)11-8-7-9-14(10-11)18(16,17)6-3/h11H,4-10H2,1-3H3/t11-/m1/s1. The van der Waals surface area contributed by atoms with E-state index in [1.807, 2.05) is 13.8 Å². The molecule has 106 valence electrons. The van der Waals surface area contributed by atoms with E-state index in [9.17, 15) is 13.2 Å². The molecule has 6 heteroatoms. The van der Waals surface area contributed by atoms with E-state index in [1.165, 1.54) is 4.31 Å². The number of hydrogen-bond acceptors (Lipinski definition) is 3. The summed E-state index contributed by atoms with van der Waals surface area (Å²) in [5.74, 6) is 0.0371. The van der Waals surface area contributed by atoms with Crippen LogP contribution in [0.1, 0.15) is 33.6 Å². The number of sulfonamides is 1. The van der Waals surface area contributed by atoms with Crippen LogP contribution in [0.15, 0.2) is 0 Å². The number of rotatable bonds is 5. The van der Waals surface area contributed by atoms with Gasteiger partial charge in [0.2, 0.25) is 15.9 Å². The summed E-state index contributed by atoms with van der Waals surface area (Å²) in [6.07, 6.45) is 1.57. The van der Waals surface area contributed by atoms with E-state index in [4.69, 9.17) is 0 Å². The van der Waals surface area contributed by atoms with Crippen molar-refractivity contribution in [2.24, 2.45) is 5.92 Å². The molecule has 1 aliphatic heterocycles. The Kier molecular flexibility index (Phi) is 5.59. The van der Waals surface area contributed by atoms with Crippen LogP contribution in [0.3, 0.4) is 0 Å². The predicted octanol–water partition coefficient (Wildman–Crippen LogP) is 0.917. The second kappa shape index (κ2) is 6.52. The van der Waals surface area contributed by atoms with Crippen LogP contribution >= 0.6 is 0 Å². The average molecular weight is 276 g/mol. The Labute approximate surface area is 110 Å². The van der Waals surface area contributed by atoms with E-state index < -0.39 is 10.0 Å². The highest BCUT2D eigenvalue weighted by Crippen LogP contribution is 2.21. The fourth-order valence-electron chi connectivity index (χ4n) is 2.37. The van der Waals surface area contributed by atoms with Crippen molar-refractivity contribution in [2.45, 2.75) is 33.6 Å². The molecule has 18 heavy (non-hydrogen) atoms. The van der Waals surface area contributed by atoms with Gasteiger partial charge >= 0.3 is 0 Å². The summed E-state index contributed by atoms with van der Waals surface area (Å²) in [6, 6.07) is 0. The van der Waals surface area contributed by atoms with Crippen LogP contribution in [-0.4, -0.2) is 55.5 Å². The summed E-state index contributed by atoms with van der Waals surface area (Å²) in [5.41, 5.74) is 0. The maximum atomic E-state index is 12.2. The average Bonchev–Trinajstić information content (AvgIpc) is 2.40. The molecule has 0 bridgehead atoms. The maximum Gasteiger partial charge on any atom is 0.226 e. The third-order valence-electron chi connectivity index (χ3n) is 3.57. The molecule has 1 saturated heterocycles. The van der Waals surface area contributed by atoms with Crippen LogP contribution in [0.4, 0.5) is 0 Å². The molecule has 0 aliphatic carbocycles. The summed E-state index contributed by atoms with van der Waals surface area (Å²) in [4.78, 5) is 14.0. The third-order valence-corrected chi connectivity index (χ3v) is 5.41. The van der Waals surface area contributed by atoms with E-state index in [1.54, 1.807) is 11.8 Å². The van der Waals surface area contributed by atoms with Gasteiger partial charge in [-0.05, 0) is 33.6 Å². The molecule has 1 heterocycles. The molecular formula is C12H24N2O3S. The van der Waals surface area contributed by atoms with Gasteiger partial charge in [-0.3, -0.25) is 4.79 Å². The highest BCUT2D eigenvalue weighted by Gasteiger charge is 2.32. The fourth-order valence-corrected chi connectivity index (χ4v) is 3.55. The predicted molar refractivity (Wildman–Crippen MR) is 71.7 cm³/mol. The van der Waals surface area contributed by atoms with Crippen molar-refractivity contribution < 1.29 is 13.2 Å². The first-order chi connectivity index (χ1) is 8.46. The van der Waals surface area contributed by atoms with E-state index in [-0.39, 0.29) is 17.6 Å². The highest BCUT2D eigenvalue weighted by molar-refractivity contribution is 7.89. The summed E-state index contributed by atoms with van der Waals surface area (Å²) >= 11 is 0. The molecule has 0 radical (unpaired) electrons. The summed E-state index contributed by atoms with van der Waals surface area (Å²) in [7, 11) is -3.16. The summed E-state index contributed by atoms with van der Waals surface area (Å²) < 4.78 is 25.1. The van der Waals surface area contributed by atoms with Gasteiger partial charge < -0.3 is 4.90 Å². The molecule has 1 amide bonds. The third kappa shape index (κ3) is 3.45. The van der Waals surface area contributed by atoms with Gasteiger partial charge in [0.1, 0.15) is 0 Å². The molecule has 0 aromatic heterocycles. The molecule has 0 aromatic rings. The summed E-state index contributed by atoms with van der Waals surface area (Å²) in [6.45, 7) is 7.82. The van der Waals surface area contributed by atoms with Crippen molar-refractivity contribution in [3.8, 4) is 0 Å². The summed E-state index contributed by atoms with van der Waals surface area (Å²) in [5, 5.41) is 0. The van der Waals surface area contributed by atoms with E-state index in [0.717, 1.165) is 12.8 Å². The van der Waals surface area contributed by atoms with Gasteiger partial charge in [0.15, 0.2) is 0 Å². The van der Waals surface area contributed by atoms with Crippen molar-refractivity contribution in [2.75, 3.05) is 31.9 Å². The van der Waals surface area contributed by atoms with Gasteiger partial charge in [-0.1, -0.05) is 0 Å². The Balaban J connectivity index is 2.72. The van der Waals surface area contributed by atoms with E-state index >= 15 is 0 Å². The van der Waals surface area contributed by atoms with Crippen LogP contribution < -0.4 is 0 Å². The van der Waals surface area contributed by atoms with Crippen molar-refractivity contribution in [1.29, 1.82) is 0 Å². The number of hydrogen-bond donors (Lipinski definition) is 0. The van der Waals surface area contributed by atoms with Crippen molar-refractivity contribution in [3.05, 3.63) is 0 Å². The first kappa shape index (κ1) is 15.4. The number of carbonyl (C=O) groups is 1. The zero-order chi connectivity index (χ0) is 13.8. The first-order valence-corrected chi connectivity index (χ1v) is 8.33. The second-order valence-electron chi connectivity index (χ2n) is 4.61. The Morgan fingerprint density at radius 1 is 1.28 bits per heavy atom. The molecule has 1 fully saturated rings. The molecule has 0 aromatic carbocycles. The van der Waals surface area contributed by atoms with Crippen molar-refractivity contribution in [3.63, 3.8) is 0 Å². The molecule has 0 unspecified atom stereocenters. The van der Waals surface area contributed by atoms with Crippen LogP contribution in [0.5, 0.6) is 0 Å². The quantitative estimate of drug-likeness (QED) is 0.750. The Bertz CT molecular complexity index is 377. The van der Waals surface area contributed by atoms with Crippen molar-refractivity contribution >= 4 is 15.9 Å². The maximum absolute atomic E-state index is 12.2. The monoisotopic (exact) mass is 276 g/mol. The van der Waals surface area contributed by atoms with Gasteiger partial charge in [0.05, 0.1) is 11.7 Å². The molecule has 5 nitrogen and oxygen atoms in total. The van der Waals surface area contributed by atoms with Crippen LogP contribution in [0, 0.1) is 5.92 Å². The Morgan fingerprint density at radius 3 is 2.39 bits per heavy atom. The van der Waals surface area contributed by atoms with Gasteiger partial charge in [-0.2, -0.15) is 0 Å². The van der Waals surface area contributed by atoms with Gasteiger partial charge in [-0.15, -0.1) is 0 Å². The fraction of sp³-hybridized carbons (Fsp3) is 0.917. The van der Waals surface area contributed by atoms with Gasteiger partial charge in [0, 0.05) is 26.2 Å². The van der Waals surface area contributed by atoms with Crippen molar-refractivity contribution in [1.82, 2.24) is 9.21 Å². The smallest absolute Gasteiger partial charge is 0.226 e. The zero-order valence-corrected chi connectivity index (χ0v) is 12.4. The van der Waals surface area contributed by atoms with E-state index in [0.29, 0.717) is 26.2 Å². The minimum Gasteiger partial charge on any atom is -0.343 e. The Hall–Kier alpha value is -0.620. The number of carbonyl (C=O) groups excluding carboxylic acids is 1. The highest BCUT2D eigenvalue weighted by atomic mass is 32.2. The van der Waals surface area contributed by atoms with Gasteiger partial charge in [-0.25, -0.2) is 12.7 Å². The van der Waals surface area contributed by atoms with Crippen LogP contribution in [0.25, 0.3) is 0 Å². The van der Waals surface area contributed by atoms with Crippen LogP contribution in [-0.2, 0) is 14.8 Å². The normalized spacial score (nSPS) is 21.8. The number of amides is 1. The number of nitrogens with zero attached hydrogens (tertiary/aromatic N) is 2. The van der Waals surface area contributed by atoms with E-state index in [2.05, 4.69) is 0 Å². The lowest BCUT2D eigenvalue weighted by atomic mass is 9.98. The lowest BCUT2D eigenvalue weighted by molar-refractivity contribution is -0.136. The molecule has 1 aliphatic rings. The molecular weight excluding hydrogens is 252 g/mol. The topological polar surface area (TPSA) is 57.7 Å². The minimum atomic E-state index is -3.16. The SMILES string of the molecule is CCN(CC)C(=O)[C@@H]1CCCN(S(=O)(=O)CC)C1. The van der Waals surface area contributed by atoms with Gasteiger partial charge in [0.25, 0.3) is 0 Å². The van der Waals surface area contributed by atoms with Crippen LogP contribution in [0.2, 0.25) is 0 Å². The first-order valence-electron chi connectivity index (χ1n) is 6.72. The molecule has 0 spiro atoms. The zero-order valence-electron chi connectivity index (χ0n) is 11.6. The second-order valence-corrected chi connectivity index (χ2v) is 6.87.